The molecule has 4 aromatic rings. The maximum atomic E-state index is 13.9. The van der Waals surface area contributed by atoms with Crippen molar-refractivity contribution in [2.24, 2.45) is 5.92 Å². The highest BCUT2D eigenvalue weighted by Crippen LogP contribution is 2.44. The Balaban J connectivity index is 1.09. The van der Waals surface area contributed by atoms with Crippen LogP contribution in [0.25, 0.3) is 11.1 Å². The van der Waals surface area contributed by atoms with E-state index < -0.39 is 30.1 Å². The third kappa shape index (κ3) is 10.3. The summed E-state index contributed by atoms with van der Waals surface area (Å²) in [5.74, 6) is -2.16. The first-order valence-corrected chi connectivity index (χ1v) is 19.6. The summed E-state index contributed by atoms with van der Waals surface area (Å²) in [4.78, 5) is 56.1. The SMILES string of the molecule is C=CCC[C@H](NC(=O)OCC1c2ccccc2-c2ccccc21)C(=O)OC[C@@H](Cc1ccccc1)NC(=O)[C@H](CC=C)CC(=O)N1Cc2ccccc2C[C@H]1CO. The molecule has 0 fully saturated rings. The summed E-state index contributed by atoms with van der Waals surface area (Å²) in [5.41, 5.74) is 7.39. The Bertz CT molecular complexity index is 2000. The lowest BCUT2D eigenvalue weighted by molar-refractivity contribution is -0.147. The van der Waals surface area contributed by atoms with E-state index in [-0.39, 0.29) is 62.9 Å². The number of carbonyl (C=O) groups is 4. The molecule has 10 heteroatoms. The van der Waals surface area contributed by atoms with E-state index in [2.05, 4.69) is 35.9 Å². The van der Waals surface area contributed by atoms with E-state index in [9.17, 15) is 24.3 Å². The fourth-order valence-electron chi connectivity index (χ4n) is 7.82. The van der Waals surface area contributed by atoms with Crippen molar-refractivity contribution in [1.29, 1.82) is 0 Å². The summed E-state index contributed by atoms with van der Waals surface area (Å²) in [6.45, 7) is 7.67. The summed E-state index contributed by atoms with van der Waals surface area (Å²) in [6.07, 6.45) is 4.25. The van der Waals surface area contributed by atoms with Crippen molar-refractivity contribution >= 4 is 23.9 Å². The molecule has 0 aromatic heterocycles. The topological polar surface area (TPSA) is 134 Å². The van der Waals surface area contributed by atoms with Crippen molar-refractivity contribution < 1.29 is 33.8 Å². The summed E-state index contributed by atoms with van der Waals surface area (Å²) in [7, 11) is 0. The van der Waals surface area contributed by atoms with Crippen LogP contribution in [0.5, 0.6) is 0 Å². The van der Waals surface area contributed by atoms with Gasteiger partial charge in [-0.25, -0.2) is 9.59 Å². The molecular weight excluding hydrogens is 719 g/mol. The molecule has 296 valence electrons. The van der Waals surface area contributed by atoms with E-state index in [1.165, 1.54) is 0 Å². The molecule has 0 saturated heterocycles. The van der Waals surface area contributed by atoms with Crippen LogP contribution < -0.4 is 10.6 Å². The van der Waals surface area contributed by atoms with Crippen molar-refractivity contribution in [3.63, 3.8) is 0 Å². The van der Waals surface area contributed by atoms with Crippen LogP contribution in [-0.2, 0) is 43.2 Å². The smallest absolute Gasteiger partial charge is 0.407 e. The Kier molecular flexibility index (Phi) is 14.1. The van der Waals surface area contributed by atoms with Gasteiger partial charge in [0.05, 0.1) is 24.6 Å². The largest absolute Gasteiger partial charge is 0.462 e. The van der Waals surface area contributed by atoms with Crippen LogP contribution in [0.3, 0.4) is 0 Å². The molecule has 3 N–H and O–H groups in total. The fourth-order valence-corrected chi connectivity index (χ4v) is 7.82. The number of aliphatic hydroxyl groups excluding tert-OH is 1. The predicted octanol–water partition coefficient (Wildman–Crippen LogP) is 6.66. The highest BCUT2D eigenvalue weighted by molar-refractivity contribution is 5.87. The molecule has 4 aromatic carbocycles. The lowest BCUT2D eigenvalue weighted by Gasteiger charge is -2.36. The third-order valence-corrected chi connectivity index (χ3v) is 10.8. The number of rotatable bonds is 18. The highest BCUT2D eigenvalue weighted by Gasteiger charge is 2.33. The van der Waals surface area contributed by atoms with Gasteiger partial charge in [-0.2, -0.15) is 0 Å². The number of ether oxygens (including phenoxy) is 2. The molecule has 1 heterocycles. The minimum Gasteiger partial charge on any atom is -0.462 e. The minimum absolute atomic E-state index is 0.0813. The molecule has 2 aliphatic rings. The Labute approximate surface area is 334 Å². The maximum Gasteiger partial charge on any atom is 0.407 e. The van der Waals surface area contributed by atoms with E-state index in [0.717, 1.165) is 38.9 Å². The van der Waals surface area contributed by atoms with Crippen LogP contribution in [0.2, 0.25) is 0 Å². The van der Waals surface area contributed by atoms with Crippen LogP contribution in [0.15, 0.2) is 128 Å². The summed E-state index contributed by atoms with van der Waals surface area (Å²) < 4.78 is 11.5. The average molecular weight is 770 g/mol. The van der Waals surface area contributed by atoms with Gasteiger partial charge in [0.25, 0.3) is 0 Å². The first-order valence-electron chi connectivity index (χ1n) is 19.6. The van der Waals surface area contributed by atoms with E-state index in [4.69, 9.17) is 9.47 Å². The van der Waals surface area contributed by atoms with E-state index in [0.29, 0.717) is 25.8 Å². The number of aliphatic hydroxyl groups is 1. The molecule has 3 amide bonds. The van der Waals surface area contributed by atoms with Crippen LogP contribution >= 0.6 is 0 Å². The number of esters is 1. The van der Waals surface area contributed by atoms with Gasteiger partial charge in [0, 0.05) is 18.9 Å². The monoisotopic (exact) mass is 769 g/mol. The van der Waals surface area contributed by atoms with Gasteiger partial charge in [-0.1, -0.05) is 115 Å². The summed E-state index contributed by atoms with van der Waals surface area (Å²) in [6, 6.07) is 31.4. The minimum atomic E-state index is -1.02. The molecule has 57 heavy (non-hydrogen) atoms. The number of nitrogens with zero attached hydrogens (tertiary/aromatic N) is 1. The Hall–Kier alpha value is -6.00. The highest BCUT2D eigenvalue weighted by atomic mass is 16.6. The molecule has 1 aliphatic carbocycles. The number of nitrogens with one attached hydrogen (secondary N) is 2. The zero-order valence-corrected chi connectivity index (χ0v) is 32.2. The van der Waals surface area contributed by atoms with Crippen LogP contribution in [0, 0.1) is 5.92 Å². The zero-order valence-electron chi connectivity index (χ0n) is 32.2. The first kappa shape index (κ1) is 40.7. The number of benzene rings is 4. The second kappa shape index (κ2) is 19.7. The fraction of sp³-hybridized carbons (Fsp3) is 0.319. The number of alkyl carbamates (subject to hydrolysis) is 1. The van der Waals surface area contributed by atoms with Gasteiger partial charge in [0.1, 0.15) is 19.3 Å². The predicted molar refractivity (Wildman–Crippen MR) is 219 cm³/mol. The molecule has 6 rings (SSSR count). The number of carbonyl (C=O) groups excluding carboxylic acids is 4. The van der Waals surface area contributed by atoms with Crippen molar-refractivity contribution in [3.05, 3.63) is 156 Å². The number of allylic oxidation sites excluding steroid dienone is 2. The quantitative estimate of drug-likeness (QED) is 0.0762. The van der Waals surface area contributed by atoms with Gasteiger partial charge in [-0.3, -0.25) is 9.59 Å². The molecular formula is C47H51N3O7. The van der Waals surface area contributed by atoms with Gasteiger partial charge in [0.2, 0.25) is 11.8 Å². The van der Waals surface area contributed by atoms with Crippen molar-refractivity contribution in [2.75, 3.05) is 19.8 Å². The number of fused-ring (bicyclic) bond motifs is 4. The van der Waals surface area contributed by atoms with Gasteiger partial charge in [-0.05, 0) is 71.0 Å². The van der Waals surface area contributed by atoms with Gasteiger partial charge < -0.3 is 30.1 Å². The van der Waals surface area contributed by atoms with E-state index >= 15 is 0 Å². The molecule has 0 spiro atoms. The molecule has 4 atom stereocenters. The zero-order chi connectivity index (χ0) is 40.1. The van der Waals surface area contributed by atoms with Crippen LogP contribution in [0.1, 0.15) is 59.4 Å². The summed E-state index contributed by atoms with van der Waals surface area (Å²) in [5, 5.41) is 15.9. The van der Waals surface area contributed by atoms with Crippen molar-refractivity contribution in [1.82, 2.24) is 15.5 Å². The van der Waals surface area contributed by atoms with Gasteiger partial charge in [0.15, 0.2) is 0 Å². The lowest BCUT2D eigenvalue weighted by Crippen LogP contribution is -2.49. The molecule has 10 nitrogen and oxygen atoms in total. The second-order valence-electron chi connectivity index (χ2n) is 14.7. The maximum absolute atomic E-state index is 13.9. The molecule has 1 aliphatic heterocycles. The van der Waals surface area contributed by atoms with E-state index in [1.807, 2.05) is 91.0 Å². The summed E-state index contributed by atoms with van der Waals surface area (Å²) >= 11 is 0. The Morgan fingerprint density at radius 3 is 2.12 bits per heavy atom. The standard InChI is InChI=1S/C47H51N3O7/c1-3-5-24-43(49-47(55)57-31-42-40-22-13-11-20-38(40)39-21-12-14-23-41(39)42)46(54)56-30-36(25-32-16-7-6-8-17-32)48-45(53)34(15-4-2)27-44(52)50-28-35-19-10-9-18-33(35)26-37(50)29-51/h3-4,6-14,16-23,34,36-37,42-43,51H,1-2,5,15,24-31H2,(H,48,53)(H,49,55)/t34-,36-,37+,43+/m1/s1. The number of hydrogen-bond acceptors (Lipinski definition) is 7. The molecule has 0 saturated carbocycles. The molecule has 0 unspecified atom stereocenters. The van der Waals surface area contributed by atoms with E-state index in [1.54, 1.807) is 17.1 Å². The second-order valence-corrected chi connectivity index (χ2v) is 14.7. The van der Waals surface area contributed by atoms with Crippen molar-refractivity contribution in [2.45, 2.75) is 69.1 Å². The molecule has 0 bridgehead atoms. The Morgan fingerprint density at radius 1 is 0.807 bits per heavy atom. The Morgan fingerprint density at radius 2 is 1.46 bits per heavy atom. The van der Waals surface area contributed by atoms with Crippen molar-refractivity contribution in [3.8, 4) is 11.1 Å². The number of amides is 3. The van der Waals surface area contributed by atoms with Gasteiger partial charge in [-0.15, -0.1) is 13.2 Å². The first-order chi connectivity index (χ1) is 27.8. The normalized spacial score (nSPS) is 15.8. The third-order valence-electron chi connectivity index (χ3n) is 10.8. The van der Waals surface area contributed by atoms with Gasteiger partial charge >= 0.3 is 12.1 Å². The van der Waals surface area contributed by atoms with Crippen LogP contribution in [-0.4, -0.2) is 71.8 Å². The average Bonchev–Trinajstić information content (AvgIpc) is 3.56. The van der Waals surface area contributed by atoms with Crippen LogP contribution in [0.4, 0.5) is 4.79 Å². The number of hydrogen-bond donors (Lipinski definition) is 3. The lowest BCUT2D eigenvalue weighted by atomic mass is 9.92. The molecule has 0 radical (unpaired) electrons.